The Morgan fingerprint density at radius 3 is 1.66 bits per heavy atom. The molecule has 0 nitrogen and oxygen atoms in total. The fourth-order valence-electron chi connectivity index (χ4n) is 10.1. The first-order valence-electron chi connectivity index (χ1n) is 18.9. The van der Waals surface area contributed by atoms with Gasteiger partial charge < -0.3 is 0 Å². The van der Waals surface area contributed by atoms with Crippen molar-refractivity contribution in [2.24, 2.45) is 5.92 Å². The second-order valence-electron chi connectivity index (χ2n) is 15.6. The Kier molecular flexibility index (Phi) is 6.53. The molecular weight excluding hydrogens is 637 g/mol. The van der Waals surface area contributed by atoms with Gasteiger partial charge in [-0.25, -0.2) is 0 Å². The van der Waals surface area contributed by atoms with Crippen molar-refractivity contribution in [1.29, 1.82) is 0 Å². The van der Waals surface area contributed by atoms with E-state index >= 15 is 0 Å². The monoisotopic (exact) mass is 674 g/mol. The molecule has 0 radical (unpaired) electrons. The van der Waals surface area contributed by atoms with E-state index in [4.69, 9.17) is 0 Å². The van der Waals surface area contributed by atoms with Crippen LogP contribution in [0.15, 0.2) is 182 Å². The average molecular weight is 675 g/mol. The van der Waals surface area contributed by atoms with E-state index < -0.39 is 0 Å². The third kappa shape index (κ3) is 4.36. The minimum absolute atomic E-state index is 0.0113. The summed E-state index contributed by atoms with van der Waals surface area (Å²) in [6.07, 6.45) is 9.38. The lowest BCUT2D eigenvalue weighted by Gasteiger charge is -2.29. The van der Waals surface area contributed by atoms with Gasteiger partial charge in [-0.2, -0.15) is 0 Å². The molecule has 0 heterocycles. The molecule has 9 aromatic rings. The van der Waals surface area contributed by atoms with Crippen LogP contribution in [0, 0.1) is 5.92 Å². The third-order valence-corrected chi connectivity index (χ3v) is 12.5. The molecule has 0 amide bonds. The van der Waals surface area contributed by atoms with Gasteiger partial charge in [-0.15, -0.1) is 0 Å². The molecule has 0 spiro atoms. The number of allylic oxidation sites excluding steroid dienone is 4. The van der Waals surface area contributed by atoms with Gasteiger partial charge in [0.1, 0.15) is 0 Å². The second-order valence-corrected chi connectivity index (χ2v) is 15.6. The van der Waals surface area contributed by atoms with Crippen molar-refractivity contribution in [2.45, 2.75) is 25.2 Å². The molecule has 11 rings (SSSR count). The highest BCUT2D eigenvalue weighted by Crippen LogP contribution is 2.57. The van der Waals surface area contributed by atoms with Gasteiger partial charge in [-0.05, 0) is 128 Å². The maximum absolute atomic E-state index is 2.58. The number of hydrogen-bond acceptors (Lipinski definition) is 0. The first kappa shape index (κ1) is 30.4. The lowest BCUT2D eigenvalue weighted by atomic mass is 9.74. The van der Waals surface area contributed by atoms with Gasteiger partial charge in [0.05, 0.1) is 0 Å². The number of benzene rings is 9. The molecule has 2 unspecified atom stereocenters. The van der Waals surface area contributed by atoms with Crippen LogP contribution in [0.4, 0.5) is 0 Å². The molecule has 0 bridgehead atoms. The Morgan fingerprint density at radius 1 is 0.396 bits per heavy atom. The van der Waals surface area contributed by atoms with E-state index in [-0.39, 0.29) is 5.41 Å². The van der Waals surface area contributed by atoms with Crippen molar-refractivity contribution in [3.8, 4) is 33.4 Å². The Hall–Kier alpha value is -6.24. The van der Waals surface area contributed by atoms with Crippen LogP contribution in [0.5, 0.6) is 0 Å². The Bertz CT molecular complexity index is 2970. The average Bonchev–Trinajstić information content (AvgIpc) is 3.44. The van der Waals surface area contributed by atoms with E-state index in [1.807, 2.05) is 0 Å². The molecule has 250 valence electrons. The molecule has 2 aliphatic carbocycles. The van der Waals surface area contributed by atoms with E-state index in [9.17, 15) is 0 Å². The highest BCUT2D eigenvalue weighted by Gasteiger charge is 2.45. The van der Waals surface area contributed by atoms with Crippen LogP contribution in [0.1, 0.15) is 30.9 Å². The minimum atomic E-state index is -0.0113. The van der Waals surface area contributed by atoms with Crippen LogP contribution >= 0.6 is 0 Å². The molecule has 0 heteroatoms. The molecule has 0 aromatic heterocycles. The van der Waals surface area contributed by atoms with Crippen molar-refractivity contribution >= 4 is 53.9 Å². The normalized spacial score (nSPS) is 17.2. The summed E-state index contributed by atoms with van der Waals surface area (Å²) in [5.41, 5.74) is 10.7. The van der Waals surface area contributed by atoms with E-state index in [1.54, 1.807) is 0 Å². The smallest absolute Gasteiger partial charge is 0.0101 e. The molecule has 9 aromatic carbocycles. The van der Waals surface area contributed by atoms with Crippen LogP contribution in [0.25, 0.3) is 87.2 Å². The number of fused-ring (bicyclic) bond motifs is 9. The topological polar surface area (TPSA) is 0 Å². The summed E-state index contributed by atoms with van der Waals surface area (Å²) in [5, 5.41) is 12.9. The number of rotatable bonds is 3. The van der Waals surface area contributed by atoms with Crippen molar-refractivity contribution in [2.75, 3.05) is 0 Å². The van der Waals surface area contributed by atoms with Gasteiger partial charge in [0, 0.05) is 5.92 Å². The van der Waals surface area contributed by atoms with Crippen molar-refractivity contribution in [1.82, 2.24) is 0 Å². The maximum Gasteiger partial charge on any atom is 0.0101 e. The van der Waals surface area contributed by atoms with Gasteiger partial charge >= 0.3 is 0 Å². The van der Waals surface area contributed by atoms with Crippen LogP contribution in [0.2, 0.25) is 0 Å². The molecular formula is C53H38. The van der Waals surface area contributed by atoms with Gasteiger partial charge in [-0.3, -0.25) is 0 Å². The molecule has 0 saturated heterocycles. The predicted molar refractivity (Wildman–Crippen MR) is 228 cm³/mol. The molecule has 0 fully saturated rings. The fourth-order valence-corrected chi connectivity index (χ4v) is 10.1. The molecule has 2 atom stereocenters. The highest BCUT2D eigenvalue weighted by molar-refractivity contribution is 6.25. The Labute approximate surface area is 310 Å². The van der Waals surface area contributed by atoms with Gasteiger partial charge in [0.15, 0.2) is 0 Å². The van der Waals surface area contributed by atoms with E-state index in [1.165, 1.54) is 98.4 Å². The summed E-state index contributed by atoms with van der Waals surface area (Å²) < 4.78 is 0. The van der Waals surface area contributed by atoms with Crippen molar-refractivity contribution in [3.05, 3.63) is 193 Å². The summed E-state index contributed by atoms with van der Waals surface area (Å²) in [5.74, 6) is 0.811. The maximum atomic E-state index is 2.58. The SMILES string of the molecule is CC1(C)c2cc(-c3c4ccccc4c(-c4ccccc4)c4ccc(-c5c6ccccc6cc6ccccc56)cc34)c3ccccc3c2C2C=CC=CC21. The molecule has 0 N–H and O–H groups in total. The molecule has 0 aliphatic heterocycles. The zero-order chi connectivity index (χ0) is 35.3. The first-order chi connectivity index (χ1) is 26.1. The summed E-state index contributed by atoms with van der Waals surface area (Å²) >= 11 is 0. The van der Waals surface area contributed by atoms with E-state index in [0.29, 0.717) is 11.8 Å². The van der Waals surface area contributed by atoms with Crippen LogP contribution in [-0.4, -0.2) is 0 Å². The summed E-state index contributed by atoms with van der Waals surface area (Å²) in [6.45, 7) is 4.91. The lowest BCUT2D eigenvalue weighted by Crippen LogP contribution is -2.24. The second kappa shape index (κ2) is 11.4. The summed E-state index contributed by atoms with van der Waals surface area (Å²) in [7, 11) is 0. The van der Waals surface area contributed by atoms with E-state index in [2.05, 4.69) is 196 Å². The van der Waals surface area contributed by atoms with E-state index in [0.717, 1.165) is 0 Å². The Balaban J connectivity index is 1.32. The molecule has 53 heavy (non-hydrogen) atoms. The Morgan fingerprint density at radius 2 is 0.943 bits per heavy atom. The number of hydrogen-bond donors (Lipinski definition) is 0. The lowest BCUT2D eigenvalue weighted by molar-refractivity contribution is 0.394. The van der Waals surface area contributed by atoms with Crippen LogP contribution in [-0.2, 0) is 5.41 Å². The zero-order valence-electron chi connectivity index (χ0n) is 30.0. The molecule has 2 aliphatic rings. The summed E-state index contributed by atoms with van der Waals surface area (Å²) in [6, 6.07) is 59.2. The standard InChI is InChI=1S/C53H38/c1-53(2)47-27-15-14-26-44(47)52-40-23-11-10-22-39(40)46(32-48(52)53)51-42-25-13-12-24-41(42)49(33-16-4-3-5-17-33)43-29-28-36(31-45(43)51)50-37-20-8-6-18-34(37)30-35-19-7-9-21-38(35)50/h3-32,44,47H,1-2H3. The zero-order valence-corrected chi connectivity index (χ0v) is 30.0. The van der Waals surface area contributed by atoms with Crippen molar-refractivity contribution < 1.29 is 0 Å². The van der Waals surface area contributed by atoms with Crippen molar-refractivity contribution in [3.63, 3.8) is 0 Å². The largest absolute Gasteiger partial charge is 0.0796 e. The van der Waals surface area contributed by atoms with Crippen LogP contribution in [0.3, 0.4) is 0 Å². The van der Waals surface area contributed by atoms with Gasteiger partial charge in [-0.1, -0.05) is 178 Å². The van der Waals surface area contributed by atoms with Gasteiger partial charge in [0.2, 0.25) is 0 Å². The third-order valence-electron chi connectivity index (χ3n) is 12.5. The predicted octanol–water partition coefficient (Wildman–Crippen LogP) is 14.6. The summed E-state index contributed by atoms with van der Waals surface area (Å²) in [4.78, 5) is 0. The highest BCUT2D eigenvalue weighted by atomic mass is 14.5. The fraction of sp³-hybridized carbons (Fsp3) is 0.0943. The van der Waals surface area contributed by atoms with Crippen LogP contribution < -0.4 is 0 Å². The first-order valence-corrected chi connectivity index (χ1v) is 18.9. The van der Waals surface area contributed by atoms with Gasteiger partial charge in [0.25, 0.3) is 0 Å². The minimum Gasteiger partial charge on any atom is -0.0796 e. The quantitative estimate of drug-likeness (QED) is 0.164. The molecule has 0 saturated carbocycles.